The van der Waals surface area contributed by atoms with E-state index in [-0.39, 0.29) is 23.3 Å². The van der Waals surface area contributed by atoms with E-state index in [0.29, 0.717) is 6.54 Å². The van der Waals surface area contributed by atoms with Gasteiger partial charge in [-0.15, -0.1) is 0 Å². The quantitative estimate of drug-likeness (QED) is 0.611. The van der Waals surface area contributed by atoms with Crippen molar-refractivity contribution in [1.29, 1.82) is 0 Å². The van der Waals surface area contributed by atoms with Gasteiger partial charge in [-0.25, -0.2) is 8.42 Å². The highest BCUT2D eigenvalue weighted by Gasteiger charge is 2.19. The lowest BCUT2D eigenvalue weighted by molar-refractivity contribution is -0.120. The zero-order chi connectivity index (χ0) is 20.1. The number of hydrogen-bond acceptors (Lipinski definition) is 5. The van der Waals surface area contributed by atoms with Gasteiger partial charge < -0.3 is 5.32 Å². The first kappa shape index (κ1) is 20.3. The van der Waals surface area contributed by atoms with Crippen LogP contribution in [0.2, 0.25) is 0 Å². The normalized spacial score (nSPS) is 12.8. The molecule has 2 heterocycles. The number of rotatable bonds is 8. The topological polar surface area (TPSA) is 81.1 Å². The Morgan fingerprint density at radius 3 is 2.54 bits per heavy atom. The largest absolute Gasteiger partial charge is 0.353 e. The standard InChI is InChI=1S/C20H23N3O3S2/c1-15(2)28(25,26)18-6-4-16(5-7-18)12-20(24)21-13-19(17-8-11-27-14-17)23-10-3-9-22-23/h3-11,14-15,19H,12-13H2,1-2H3,(H,21,24). The van der Waals surface area contributed by atoms with Gasteiger partial charge in [0, 0.05) is 18.9 Å². The van der Waals surface area contributed by atoms with Gasteiger partial charge in [-0.2, -0.15) is 16.4 Å². The van der Waals surface area contributed by atoms with Crippen molar-refractivity contribution in [2.24, 2.45) is 0 Å². The molecule has 2 aromatic heterocycles. The van der Waals surface area contributed by atoms with Gasteiger partial charge in [0.1, 0.15) is 0 Å². The van der Waals surface area contributed by atoms with Gasteiger partial charge in [-0.05, 0) is 60.0 Å². The van der Waals surface area contributed by atoms with E-state index in [2.05, 4.69) is 10.4 Å². The molecule has 0 spiro atoms. The van der Waals surface area contributed by atoms with E-state index in [1.807, 2.05) is 33.8 Å². The summed E-state index contributed by atoms with van der Waals surface area (Å²) >= 11 is 1.60. The number of amides is 1. The fourth-order valence-electron chi connectivity index (χ4n) is 2.82. The maximum atomic E-state index is 12.4. The van der Waals surface area contributed by atoms with Crippen molar-refractivity contribution in [2.75, 3.05) is 6.54 Å². The van der Waals surface area contributed by atoms with Crippen LogP contribution in [-0.4, -0.2) is 35.9 Å². The Bertz CT molecular complexity index is 959. The average Bonchev–Trinajstić information content (AvgIpc) is 3.37. The van der Waals surface area contributed by atoms with E-state index >= 15 is 0 Å². The summed E-state index contributed by atoms with van der Waals surface area (Å²) in [7, 11) is -3.30. The van der Waals surface area contributed by atoms with Crippen LogP contribution in [0.5, 0.6) is 0 Å². The predicted molar refractivity (Wildman–Crippen MR) is 110 cm³/mol. The van der Waals surface area contributed by atoms with Crippen LogP contribution < -0.4 is 5.32 Å². The molecule has 1 aromatic carbocycles. The van der Waals surface area contributed by atoms with Gasteiger partial charge in [0.2, 0.25) is 5.91 Å². The maximum Gasteiger partial charge on any atom is 0.224 e. The summed E-state index contributed by atoms with van der Waals surface area (Å²) in [6.45, 7) is 3.73. The lowest BCUT2D eigenvalue weighted by Crippen LogP contribution is -2.32. The van der Waals surface area contributed by atoms with Crippen molar-refractivity contribution in [3.63, 3.8) is 0 Å². The number of benzene rings is 1. The molecule has 1 unspecified atom stereocenters. The second-order valence-corrected chi connectivity index (χ2v) is 10.1. The minimum absolute atomic E-state index is 0.0660. The van der Waals surface area contributed by atoms with Crippen LogP contribution in [0.1, 0.15) is 31.0 Å². The molecule has 0 radical (unpaired) electrons. The van der Waals surface area contributed by atoms with E-state index in [9.17, 15) is 13.2 Å². The van der Waals surface area contributed by atoms with Gasteiger partial charge in [-0.1, -0.05) is 12.1 Å². The van der Waals surface area contributed by atoms with E-state index in [0.717, 1.165) is 11.1 Å². The number of nitrogens with one attached hydrogen (secondary N) is 1. The number of carbonyl (C=O) groups is 1. The Morgan fingerprint density at radius 1 is 1.21 bits per heavy atom. The van der Waals surface area contributed by atoms with Crippen molar-refractivity contribution in [1.82, 2.24) is 15.1 Å². The molecular weight excluding hydrogens is 394 g/mol. The lowest BCUT2D eigenvalue weighted by atomic mass is 10.1. The van der Waals surface area contributed by atoms with Gasteiger partial charge in [0.25, 0.3) is 0 Å². The van der Waals surface area contributed by atoms with E-state index in [1.54, 1.807) is 55.6 Å². The number of aromatic nitrogens is 2. The molecule has 0 fully saturated rings. The molecule has 148 valence electrons. The van der Waals surface area contributed by atoms with Crippen molar-refractivity contribution >= 4 is 27.1 Å². The maximum absolute atomic E-state index is 12.4. The molecule has 0 aliphatic carbocycles. The zero-order valence-electron chi connectivity index (χ0n) is 15.8. The molecule has 1 amide bonds. The molecule has 3 aromatic rings. The Hall–Kier alpha value is -2.45. The average molecular weight is 418 g/mol. The molecule has 8 heteroatoms. The summed E-state index contributed by atoms with van der Waals surface area (Å²) < 4.78 is 26.2. The zero-order valence-corrected chi connectivity index (χ0v) is 17.4. The summed E-state index contributed by atoms with van der Waals surface area (Å²) in [5, 5.41) is 10.8. The highest BCUT2D eigenvalue weighted by atomic mass is 32.2. The fraction of sp³-hybridized carbons (Fsp3) is 0.300. The summed E-state index contributed by atoms with van der Waals surface area (Å²) in [5.74, 6) is -0.119. The SMILES string of the molecule is CC(C)S(=O)(=O)c1ccc(CC(=O)NCC(c2ccsc2)n2cccn2)cc1. The molecule has 0 saturated heterocycles. The second kappa shape index (κ2) is 8.70. The van der Waals surface area contributed by atoms with E-state index in [4.69, 9.17) is 0 Å². The van der Waals surface area contributed by atoms with Gasteiger partial charge in [0.15, 0.2) is 9.84 Å². The Kier molecular flexibility index (Phi) is 6.31. The van der Waals surface area contributed by atoms with Crippen molar-refractivity contribution in [3.05, 3.63) is 70.7 Å². The molecule has 1 N–H and O–H groups in total. The van der Waals surface area contributed by atoms with Crippen LogP contribution in [0.4, 0.5) is 0 Å². The molecule has 3 rings (SSSR count). The van der Waals surface area contributed by atoms with E-state index in [1.165, 1.54) is 0 Å². The third kappa shape index (κ3) is 4.69. The number of thiophene rings is 1. The molecule has 0 aliphatic rings. The third-order valence-electron chi connectivity index (χ3n) is 4.50. The van der Waals surface area contributed by atoms with Crippen LogP contribution in [0.25, 0.3) is 0 Å². The number of carbonyl (C=O) groups excluding carboxylic acids is 1. The van der Waals surface area contributed by atoms with Crippen molar-refractivity contribution in [3.8, 4) is 0 Å². The fourth-order valence-corrected chi connectivity index (χ4v) is 4.59. The van der Waals surface area contributed by atoms with Crippen LogP contribution in [0.3, 0.4) is 0 Å². The molecule has 0 bridgehead atoms. The molecular formula is C20H23N3O3S2. The Morgan fingerprint density at radius 2 is 1.96 bits per heavy atom. The van der Waals surface area contributed by atoms with Gasteiger partial charge in [0.05, 0.1) is 22.6 Å². The van der Waals surface area contributed by atoms with Gasteiger partial charge in [-0.3, -0.25) is 9.48 Å². The number of sulfone groups is 1. The monoisotopic (exact) mass is 417 g/mol. The molecule has 1 atom stereocenters. The first-order valence-electron chi connectivity index (χ1n) is 8.98. The van der Waals surface area contributed by atoms with Crippen molar-refractivity contribution in [2.45, 2.75) is 36.5 Å². The van der Waals surface area contributed by atoms with Crippen LogP contribution in [0.15, 0.2) is 64.4 Å². The van der Waals surface area contributed by atoms with Crippen LogP contribution in [0, 0.1) is 0 Å². The summed E-state index contributed by atoms with van der Waals surface area (Å²) in [4.78, 5) is 12.7. The summed E-state index contributed by atoms with van der Waals surface area (Å²) in [5.41, 5.74) is 1.86. The lowest BCUT2D eigenvalue weighted by Gasteiger charge is -2.17. The first-order chi connectivity index (χ1) is 13.4. The van der Waals surface area contributed by atoms with Gasteiger partial charge >= 0.3 is 0 Å². The first-order valence-corrected chi connectivity index (χ1v) is 11.5. The summed E-state index contributed by atoms with van der Waals surface area (Å²) in [6, 6.07) is 10.3. The third-order valence-corrected chi connectivity index (χ3v) is 7.37. The summed E-state index contributed by atoms with van der Waals surface area (Å²) in [6.07, 6.45) is 3.79. The molecule has 0 aliphatic heterocycles. The van der Waals surface area contributed by atoms with Crippen LogP contribution in [-0.2, 0) is 21.1 Å². The number of hydrogen-bond donors (Lipinski definition) is 1. The molecule has 28 heavy (non-hydrogen) atoms. The Labute approximate surface area is 169 Å². The molecule has 6 nitrogen and oxygen atoms in total. The minimum atomic E-state index is -3.30. The predicted octanol–water partition coefficient (Wildman–Crippen LogP) is 3.08. The van der Waals surface area contributed by atoms with Crippen LogP contribution >= 0.6 is 11.3 Å². The highest BCUT2D eigenvalue weighted by Crippen LogP contribution is 2.20. The minimum Gasteiger partial charge on any atom is -0.353 e. The highest BCUT2D eigenvalue weighted by molar-refractivity contribution is 7.92. The smallest absolute Gasteiger partial charge is 0.224 e. The number of nitrogens with zero attached hydrogens (tertiary/aromatic N) is 2. The second-order valence-electron chi connectivity index (χ2n) is 6.78. The van der Waals surface area contributed by atoms with Crippen molar-refractivity contribution < 1.29 is 13.2 Å². The Balaban J connectivity index is 1.62. The van der Waals surface area contributed by atoms with E-state index < -0.39 is 15.1 Å². The molecule has 0 saturated carbocycles.